The number of carboxylic acids is 1. The minimum absolute atomic E-state index is 0.0856. The fraction of sp³-hybridized carbons (Fsp3) is 0.727. The van der Waals surface area contributed by atoms with Crippen molar-refractivity contribution in [3.8, 4) is 6.07 Å². The molecular weight excluding hydrogens is 208 g/mol. The lowest BCUT2D eigenvalue weighted by molar-refractivity contribution is -0.141. The van der Waals surface area contributed by atoms with Gasteiger partial charge in [-0.25, -0.2) is 0 Å². The van der Waals surface area contributed by atoms with E-state index in [-0.39, 0.29) is 18.9 Å². The third kappa shape index (κ3) is 2.96. The van der Waals surface area contributed by atoms with Gasteiger partial charge in [-0.1, -0.05) is 0 Å². The molecule has 1 unspecified atom stereocenters. The number of nitriles is 1. The molecule has 1 N–H and O–H groups in total. The van der Waals surface area contributed by atoms with Gasteiger partial charge in [0.05, 0.1) is 17.4 Å². The second-order valence-electron chi connectivity index (χ2n) is 4.82. The van der Waals surface area contributed by atoms with Crippen LogP contribution in [0.5, 0.6) is 0 Å². The highest BCUT2D eigenvalue weighted by molar-refractivity contribution is 5.86. The Morgan fingerprint density at radius 1 is 1.69 bits per heavy atom. The first-order chi connectivity index (χ1) is 7.35. The van der Waals surface area contributed by atoms with Crippen LogP contribution in [0.1, 0.15) is 26.7 Å². The summed E-state index contributed by atoms with van der Waals surface area (Å²) in [5.74, 6) is -1.63. The molecule has 88 valence electrons. The van der Waals surface area contributed by atoms with Crippen LogP contribution >= 0.6 is 0 Å². The summed E-state index contributed by atoms with van der Waals surface area (Å²) < 4.78 is 0. The topological polar surface area (TPSA) is 81.4 Å². The fourth-order valence-corrected chi connectivity index (χ4v) is 1.62. The van der Waals surface area contributed by atoms with E-state index < -0.39 is 17.3 Å². The van der Waals surface area contributed by atoms with Gasteiger partial charge in [-0.15, -0.1) is 0 Å². The summed E-state index contributed by atoms with van der Waals surface area (Å²) in [7, 11) is 0. The molecule has 0 aromatic rings. The van der Waals surface area contributed by atoms with Crippen LogP contribution in [0.25, 0.3) is 0 Å². The average molecular weight is 224 g/mol. The number of carbonyl (C=O) groups is 2. The summed E-state index contributed by atoms with van der Waals surface area (Å²) in [6.45, 7) is 4.35. The Bertz CT molecular complexity index is 344. The first-order valence-corrected chi connectivity index (χ1v) is 5.27. The first kappa shape index (κ1) is 12.5. The lowest BCUT2D eigenvalue weighted by Crippen LogP contribution is -2.30. The summed E-state index contributed by atoms with van der Waals surface area (Å²) in [5, 5.41) is 17.6. The molecule has 0 spiro atoms. The van der Waals surface area contributed by atoms with Gasteiger partial charge in [-0.05, 0) is 20.3 Å². The van der Waals surface area contributed by atoms with Crippen molar-refractivity contribution in [3.05, 3.63) is 0 Å². The summed E-state index contributed by atoms with van der Waals surface area (Å²) in [6.07, 6.45) is 0.657. The summed E-state index contributed by atoms with van der Waals surface area (Å²) in [4.78, 5) is 23.7. The van der Waals surface area contributed by atoms with Crippen LogP contribution in [0.4, 0.5) is 0 Å². The summed E-state index contributed by atoms with van der Waals surface area (Å²) in [6, 6.07) is 2.16. The van der Waals surface area contributed by atoms with Gasteiger partial charge < -0.3 is 10.0 Å². The Morgan fingerprint density at radius 2 is 2.31 bits per heavy atom. The largest absolute Gasteiger partial charge is 0.481 e. The van der Waals surface area contributed by atoms with Gasteiger partial charge in [-0.2, -0.15) is 5.26 Å². The number of likely N-dealkylation sites (tertiary alicyclic amines) is 1. The molecule has 1 heterocycles. The van der Waals surface area contributed by atoms with Crippen LogP contribution in [-0.2, 0) is 9.59 Å². The van der Waals surface area contributed by atoms with Gasteiger partial charge >= 0.3 is 5.97 Å². The van der Waals surface area contributed by atoms with Gasteiger partial charge in [0.1, 0.15) is 0 Å². The van der Waals surface area contributed by atoms with Gasteiger partial charge in [0.25, 0.3) is 0 Å². The van der Waals surface area contributed by atoms with Gasteiger partial charge in [0.2, 0.25) is 5.91 Å². The van der Waals surface area contributed by atoms with Gasteiger partial charge in [0.15, 0.2) is 0 Å². The summed E-state index contributed by atoms with van der Waals surface area (Å²) in [5.41, 5.74) is -0.471. The molecule has 5 nitrogen and oxygen atoms in total. The molecule has 1 rings (SSSR count). The molecule has 1 atom stereocenters. The molecule has 1 aliphatic rings. The second-order valence-corrected chi connectivity index (χ2v) is 4.82. The van der Waals surface area contributed by atoms with Crippen LogP contribution in [0.2, 0.25) is 0 Å². The quantitative estimate of drug-likeness (QED) is 0.767. The monoisotopic (exact) mass is 224 g/mol. The van der Waals surface area contributed by atoms with E-state index in [1.54, 1.807) is 0 Å². The van der Waals surface area contributed by atoms with E-state index in [1.807, 2.05) is 13.8 Å². The number of carboxylic acid groups (broad SMARTS) is 1. The van der Waals surface area contributed by atoms with Crippen LogP contribution < -0.4 is 0 Å². The highest BCUT2D eigenvalue weighted by atomic mass is 16.4. The maximum atomic E-state index is 11.5. The highest BCUT2D eigenvalue weighted by Crippen LogP contribution is 2.23. The van der Waals surface area contributed by atoms with Crippen molar-refractivity contribution in [1.82, 2.24) is 4.90 Å². The minimum atomic E-state index is -0.921. The van der Waals surface area contributed by atoms with Crippen LogP contribution in [0.3, 0.4) is 0 Å². The smallest absolute Gasteiger partial charge is 0.308 e. The zero-order valence-electron chi connectivity index (χ0n) is 9.56. The van der Waals surface area contributed by atoms with Crippen molar-refractivity contribution < 1.29 is 14.7 Å². The van der Waals surface area contributed by atoms with E-state index in [0.717, 1.165) is 0 Å². The lowest BCUT2D eigenvalue weighted by atomic mass is 9.91. The molecule has 0 aromatic carbocycles. The normalized spacial score (nSPS) is 20.9. The molecule has 0 radical (unpaired) electrons. The number of rotatable bonds is 4. The molecule has 1 amide bonds. The minimum Gasteiger partial charge on any atom is -0.481 e. The Balaban J connectivity index is 2.49. The first-order valence-electron chi connectivity index (χ1n) is 5.27. The van der Waals surface area contributed by atoms with Gasteiger partial charge in [-0.3, -0.25) is 9.59 Å². The molecule has 0 bridgehead atoms. The molecule has 1 fully saturated rings. The number of hydrogen-bond acceptors (Lipinski definition) is 3. The molecule has 0 aliphatic carbocycles. The third-order valence-electron chi connectivity index (χ3n) is 2.87. The maximum absolute atomic E-state index is 11.5. The number of nitrogens with zero attached hydrogens (tertiary/aromatic N) is 2. The molecule has 0 saturated carbocycles. The predicted molar refractivity (Wildman–Crippen MR) is 56.3 cm³/mol. The molecule has 0 aromatic heterocycles. The van der Waals surface area contributed by atoms with E-state index in [2.05, 4.69) is 6.07 Å². The Kier molecular flexibility index (Phi) is 3.53. The Morgan fingerprint density at radius 3 is 2.75 bits per heavy atom. The second kappa shape index (κ2) is 4.52. The zero-order valence-corrected chi connectivity index (χ0v) is 9.56. The van der Waals surface area contributed by atoms with E-state index in [1.165, 1.54) is 4.90 Å². The average Bonchev–Trinajstić information content (AvgIpc) is 2.57. The fourth-order valence-electron chi connectivity index (χ4n) is 1.62. The SMILES string of the molecule is CC(C)(C#N)CCN1CC(C(=O)O)CC1=O. The van der Waals surface area contributed by atoms with E-state index in [4.69, 9.17) is 10.4 Å². The molecule has 16 heavy (non-hydrogen) atoms. The van der Waals surface area contributed by atoms with Crippen molar-refractivity contribution in [2.24, 2.45) is 11.3 Å². The Hall–Kier alpha value is -1.57. The maximum Gasteiger partial charge on any atom is 0.308 e. The van der Waals surface area contributed by atoms with E-state index in [0.29, 0.717) is 13.0 Å². The Labute approximate surface area is 94.7 Å². The van der Waals surface area contributed by atoms with Crippen molar-refractivity contribution in [2.75, 3.05) is 13.1 Å². The predicted octanol–water partition coefficient (Wildman–Crippen LogP) is 0.859. The molecule has 5 heteroatoms. The lowest BCUT2D eigenvalue weighted by Gasteiger charge is -2.21. The van der Waals surface area contributed by atoms with Crippen molar-refractivity contribution in [1.29, 1.82) is 5.26 Å². The summed E-state index contributed by atoms with van der Waals surface area (Å²) >= 11 is 0. The standard InChI is InChI=1S/C11H16N2O3/c1-11(2,7-12)3-4-13-6-8(10(15)16)5-9(13)14/h8H,3-6H2,1-2H3,(H,15,16). The highest BCUT2D eigenvalue weighted by Gasteiger charge is 2.34. The van der Waals surface area contributed by atoms with Crippen molar-refractivity contribution in [3.63, 3.8) is 0 Å². The number of aliphatic carboxylic acids is 1. The number of hydrogen-bond donors (Lipinski definition) is 1. The van der Waals surface area contributed by atoms with E-state index >= 15 is 0 Å². The van der Waals surface area contributed by atoms with Gasteiger partial charge in [0, 0.05) is 19.5 Å². The van der Waals surface area contributed by atoms with Crippen LogP contribution in [-0.4, -0.2) is 35.0 Å². The van der Waals surface area contributed by atoms with Crippen LogP contribution in [0.15, 0.2) is 0 Å². The van der Waals surface area contributed by atoms with Crippen molar-refractivity contribution >= 4 is 11.9 Å². The van der Waals surface area contributed by atoms with Crippen LogP contribution in [0, 0.1) is 22.7 Å². The number of amides is 1. The van der Waals surface area contributed by atoms with E-state index in [9.17, 15) is 9.59 Å². The molecular formula is C11H16N2O3. The zero-order chi connectivity index (χ0) is 12.3. The third-order valence-corrected chi connectivity index (χ3v) is 2.87. The van der Waals surface area contributed by atoms with Crippen molar-refractivity contribution in [2.45, 2.75) is 26.7 Å². The molecule has 1 saturated heterocycles. The number of carbonyl (C=O) groups excluding carboxylic acids is 1. The molecule has 1 aliphatic heterocycles.